The summed E-state index contributed by atoms with van der Waals surface area (Å²) in [4.78, 5) is 15.2. The summed E-state index contributed by atoms with van der Waals surface area (Å²) in [7, 11) is 3.95. The van der Waals surface area contributed by atoms with Gasteiger partial charge in [-0.05, 0) is 31.6 Å². The van der Waals surface area contributed by atoms with Crippen LogP contribution in [0.1, 0.15) is 30.9 Å². The molecule has 2 aromatic carbocycles. The van der Waals surface area contributed by atoms with Gasteiger partial charge in [0.25, 0.3) is 0 Å². The number of likely N-dealkylation sites (N-methyl/N-ethyl adjacent to an activating group) is 1. The lowest BCUT2D eigenvalue weighted by atomic mass is 9.71. The molecule has 0 N–H and O–H groups in total. The summed E-state index contributed by atoms with van der Waals surface area (Å²) in [5, 5.41) is 0. The van der Waals surface area contributed by atoms with Crippen molar-refractivity contribution in [3.8, 4) is 0 Å². The molecule has 128 valence electrons. The topological polar surface area (TPSA) is 29.5 Å². The molecule has 2 rings (SSSR count). The van der Waals surface area contributed by atoms with Gasteiger partial charge < -0.3 is 9.64 Å². The molecule has 2 aromatic rings. The van der Waals surface area contributed by atoms with Gasteiger partial charge in [-0.15, -0.1) is 0 Å². The Kier molecular flexibility index (Phi) is 6.56. The summed E-state index contributed by atoms with van der Waals surface area (Å²) in [5.74, 6) is -0.163. The van der Waals surface area contributed by atoms with E-state index in [0.29, 0.717) is 6.61 Å². The minimum Gasteiger partial charge on any atom is -0.463 e. The van der Waals surface area contributed by atoms with Gasteiger partial charge in [0.05, 0.1) is 0 Å². The maximum absolute atomic E-state index is 13.2. The molecule has 0 aromatic heterocycles. The van der Waals surface area contributed by atoms with E-state index >= 15 is 0 Å². The SMILES string of the molecule is CCCC(C(=O)OCCN(C)C)(c1ccccc1)c1ccccc1. The zero-order valence-electron chi connectivity index (χ0n) is 14.9. The zero-order chi connectivity index (χ0) is 17.4. The molecule has 0 atom stereocenters. The molecule has 0 saturated carbocycles. The van der Waals surface area contributed by atoms with Gasteiger partial charge in [0.1, 0.15) is 12.0 Å². The van der Waals surface area contributed by atoms with Crippen molar-refractivity contribution < 1.29 is 9.53 Å². The number of ether oxygens (including phenoxy) is 1. The summed E-state index contributed by atoms with van der Waals surface area (Å²) < 4.78 is 5.70. The molecule has 3 heteroatoms. The first-order valence-electron chi connectivity index (χ1n) is 8.54. The van der Waals surface area contributed by atoms with Gasteiger partial charge >= 0.3 is 5.97 Å². The predicted molar refractivity (Wildman–Crippen MR) is 98.1 cm³/mol. The highest BCUT2D eigenvalue weighted by Crippen LogP contribution is 2.38. The van der Waals surface area contributed by atoms with Crippen molar-refractivity contribution in [3.05, 3.63) is 71.8 Å². The van der Waals surface area contributed by atoms with Crippen LogP contribution in [0.2, 0.25) is 0 Å². The Balaban J connectivity index is 2.44. The van der Waals surface area contributed by atoms with E-state index in [2.05, 4.69) is 6.92 Å². The molecule has 0 heterocycles. The Labute approximate surface area is 145 Å². The van der Waals surface area contributed by atoms with Crippen LogP contribution in [0.15, 0.2) is 60.7 Å². The van der Waals surface area contributed by atoms with Gasteiger partial charge in [-0.2, -0.15) is 0 Å². The zero-order valence-corrected chi connectivity index (χ0v) is 14.9. The fourth-order valence-electron chi connectivity index (χ4n) is 3.06. The molecule has 0 spiro atoms. The molecule has 0 aliphatic rings. The van der Waals surface area contributed by atoms with Gasteiger partial charge in [-0.25, -0.2) is 0 Å². The van der Waals surface area contributed by atoms with Crippen LogP contribution < -0.4 is 0 Å². The van der Waals surface area contributed by atoms with Crippen LogP contribution in [0.3, 0.4) is 0 Å². The first kappa shape index (κ1) is 18.2. The molecule has 0 bridgehead atoms. The van der Waals surface area contributed by atoms with Gasteiger partial charge in [0, 0.05) is 6.54 Å². The maximum Gasteiger partial charge on any atom is 0.321 e. The van der Waals surface area contributed by atoms with E-state index in [9.17, 15) is 4.79 Å². The van der Waals surface area contributed by atoms with E-state index in [1.807, 2.05) is 79.7 Å². The number of hydrogen-bond acceptors (Lipinski definition) is 3. The number of benzene rings is 2. The molecule has 24 heavy (non-hydrogen) atoms. The van der Waals surface area contributed by atoms with Crippen LogP contribution in [-0.4, -0.2) is 38.1 Å². The first-order valence-corrected chi connectivity index (χ1v) is 8.54. The summed E-state index contributed by atoms with van der Waals surface area (Å²) in [5.41, 5.74) is 1.24. The van der Waals surface area contributed by atoms with E-state index in [4.69, 9.17) is 4.74 Å². The van der Waals surface area contributed by atoms with Crippen LogP contribution in [0.5, 0.6) is 0 Å². The molecule has 0 fully saturated rings. The molecular formula is C21H27NO2. The number of esters is 1. The third kappa shape index (κ3) is 4.04. The Morgan fingerprint density at radius 2 is 1.46 bits per heavy atom. The van der Waals surface area contributed by atoms with Crippen molar-refractivity contribution in [2.45, 2.75) is 25.2 Å². The highest BCUT2D eigenvalue weighted by molar-refractivity contribution is 5.87. The second kappa shape index (κ2) is 8.65. The lowest BCUT2D eigenvalue weighted by molar-refractivity contribution is -0.149. The molecule has 0 amide bonds. The Hall–Kier alpha value is -2.13. The number of carbonyl (C=O) groups is 1. The Morgan fingerprint density at radius 1 is 0.958 bits per heavy atom. The highest BCUT2D eigenvalue weighted by Gasteiger charge is 2.42. The molecule has 0 aliphatic carbocycles. The number of nitrogens with zero attached hydrogens (tertiary/aromatic N) is 1. The molecule has 0 saturated heterocycles. The summed E-state index contributed by atoms with van der Waals surface area (Å²) in [6, 6.07) is 20.0. The smallest absolute Gasteiger partial charge is 0.321 e. The summed E-state index contributed by atoms with van der Waals surface area (Å²) in [6.07, 6.45) is 1.62. The number of hydrogen-bond donors (Lipinski definition) is 0. The number of carbonyl (C=O) groups excluding carboxylic acids is 1. The van der Waals surface area contributed by atoms with E-state index in [1.54, 1.807) is 0 Å². The van der Waals surface area contributed by atoms with Crippen molar-refractivity contribution in [2.75, 3.05) is 27.2 Å². The summed E-state index contributed by atoms with van der Waals surface area (Å²) in [6.45, 7) is 3.22. The van der Waals surface area contributed by atoms with Crippen molar-refractivity contribution in [1.29, 1.82) is 0 Å². The second-order valence-electron chi connectivity index (χ2n) is 6.33. The predicted octanol–water partition coefficient (Wildman–Crippen LogP) is 3.88. The van der Waals surface area contributed by atoms with Crippen molar-refractivity contribution >= 4 is 5.97 Å². The average Bonchev–Trinajstić information content (AvgIpc) is 2.60. The third-order valence-electron chi connectivity index (χ3n) is 4.28. The van der Waals surface area contributed by atoms with Crippen LogP contribution in [0.4, 0.5) is 0 Å². The summed E-state index contributed by atoms with van der Waals surface area (Å²) >= 11 is 0. The second-order valence-corrected chi connectivity index (χ2v) is 6.33. The van der Waals surface area contributed by atoms with Gasteiger partial charge in [-0.1, -0.05) is 74.0 Å². The van der Waals surface area contributed by atoms with E-state index < -0.39 is 5.41 Å². The molecule has 0 radical (unpaired) electrons. The minimum absolute atomic E-state index is 0.163. The van der Waals surface area contributed by atoms with Crippen LogP contribution in [-0.2, 0) is 14.9 Å². The molecule has 0 unspecified atom stereocenters. The fraction of sp³-hybridized carbons (Fsp3) is 0.381. The highest BCUT2D eigenvalue weighted by atomic mass is 16.5. The molecule has 0 aliphatic heterocycles. The third-order valence-corrected chi connectivity index (χ3v) is 4.28. The normalized spacial score (nSPS) is 11.5. The van der Waals surface area contributed by atoms with Crippen molar-refractivity contribution in [2.24, 2.45) is 0 Å². The minimum atomic E-state index is -0.746. The van der Waals surface area contributed by atoms with E-state index in [-0.39, 0.29) is 5.97 Å². The largest absolute Gasteiger partial charge is 0.463 e. The number of rotatable bonds is 8. The standard InChI is InChI=1S/C21H27NO2/c1-4-15-21(18-11-7-5-8-12-18,19-13-9-6-10-14-19)20(23)24-17-16-22(2)3/h5-14H,4,15-17H2,1-3H3. The molecular weight excluding hydrogens is 298 g/mol. The van der Waals surface area contributed by atoms with Crippen LogP contribution in [0.25, 0.3) is 0 Å². The van der Waals surface area contributed by atoms with Crippen LogP contribution in [0, 0.1) is 0 Å². The van der Waals surface area contributed by atoms with Crippen LogP contribution >= 0.6 is 0 Å². The Bertz CT molecular complexity index is 583. The van der Waals surface area contributed by atoms with Gasteiger partial charge in [0.15, 0.2) is 0 Å². The van der Waals surface area contributed by atoms with Gasteiger partial charge in [0.2, 0.25) is 0 Å². The lowest BCUT2D eigenvalue weighted by Crippen LogP contribution is -2.39. The quantitative estimate of drug-likeness (QED) is 0.690. The Morgan fingerprint density at radius 3 is 1.88 bits per heavy atom. The van der Waals surface area contributed by atoms with Crippen molar-refractivity contribution in [1.82, 2.24) is 4.90 Å². The first-order chi connectivity index (χ1) is 11.6. The van der Waals surface area contributed by atoms with E-state index in [1.165, 1.54) is 0 Å². The van der Waals surface area contributed by atoms with Crippen molar-refractivity contribution in [3.63, 3.8) is 0 Å². The monoisotopic (exact) mass is 325 g/mol. The average molecular weight is 325 g/mol. The lowest BCUT2D eigenvalue weighted by Gasteiger charge is -2.32. The van der Waals surface area contributed by atoms with E-state index in [0.717, 1.165) is 30.5 Å². The maximum atomic E-state index is 13.2. The van der Waals surface area contributed by atoms with Gasteiger partial charge in [-0.3, -0.25) is 4.79 Å². The fourth-order valence-corrected chi connectivity index (χ4v) is 3.06. The molecule has 3 nitrogen and oxygen atoms in total.